The van der Waals surface area contributed by atoms with Gasteiger partial charge in [0.2, 0.25) is 0 Å². The molecule has 2 aromatic carbocycles. The molecule has 4 heteroatoms. The highest BCUT2D eigenvalue weighted by molar-refractivity contribution is 5.81. The van der Waals surface area contributed by atoms with E-state index >= 15 is 0 Å². The van der Waals surface area contributed by atoms with E-state index in [0.717, 1.165) is 50.5 Å². The highest BCUT2D eigenvalue weighted by Gasteiger charge is 2.27. The van der Waals surface area contributed by atoms with Gasteiger partial charge in [-0.3, -0.25) is 0 Å². The molecule has 0 spiro atoms. The Labute approximate surface area is 173 Å². The maximum Gasteiger partial charge on any atom is 0.135 e. The number of benzene rings is 2. The number of rotatable bonds is 4. The van der Waals surface area contributed by atoms with Crippen LogP contribution in [0.3, 0.4) is 0 Å². The van der Waals surface area contributed by atoms with Crippen LogP contribution in [0.15, 0.2) is 42.5 Å². The van der Waals surface area contributed by atoms with Gasteiger partial charge in [0, 0.05) is 31.6 Å². The van der Waals surface area contributed by atoms with Crippen molar-refractivity contribution in [3.63, 3.8) is 0 Å². The summed E-state index contributed by atoms with van der Waals surface area (Å²) in [6.45, 7) is 10.5. The average Bonchev–Trinajstić information content (AvgIpc) is 3.31. The maximum atomic E-state index is 5.69. The van der Waals surface area contributed by atoms with Gasteiger partial charge >= 0.3 is 0 Å². The summed E-state index contributed by atoms with van der Waals surface area (Å²) in [5, 5.41) is 4.93. The molecule has 4 nitrogen and oxygen atoms in total. The van der Waals surface area contributed by atoms with Gasteiger partial charge in [-0.15, -0.1) is 0 Å². The Hall–Kier alpha value is -2.75. The van der Waals surface area contributed by atoms with Crippen LogP contribution < -0.4 is 9.64 Å². The summed E-state index contributed by atoms with van der Waals surface area (Å²) in [4.78, 5) is 2.52. The molecule has 0 fully saturated rings. The van der Waals surface area contributed by atoms with Crippen molar-refractivity contribution >= 4 is 5.82 Å². The molecule has 0 N–H and O–H groups in total. The third-order valence-electron chi connectivity index (χ3n) is 6.18. The smallest absolute Gasteiger partial charge is 0.135 e. The molecule has 2 aliphatic rings. The lowest BCUT2D eigenvalue weighted by Crippen LogP contribution is -2.32. The summed E-state index contributed by atoms with van der Waals surface area (Å²) in [5.41, 5.74) is 7.85. The number of nitrogens with zero attached hydrogens (tertiary/aromatic N) is 3. The molecule has 0 unspecified atom stereocenters. The summed E-state index contributed by atoms with van der Waals surface area (Å²) in [6, 6.07) is 15.5. The zero-order chi connectivity index (χ0) is 20.0. The highest BCUT2D eigenvalue weighted by Crippen LogP contribution is 2.40. The van der Waals surface area contributed by atoms with Crippen LogP contribution in [0, 0.1) is 6.92 Å². The van der Waals surface area contributed by atoms with Crippen molar-refractivity contribution in [1.82, 2.24) is 9.78 Å². The molecular formula is C25H29N3O. The molecule has 5 rings (SSSR count). The van der Waals surface area contributed by atoms with Crippen molar-refractivity contribution in [3.05, 3.63) is 64.8 Å². The van der Waals surface area contributed by atoms with E-state index in [9.17, 15) is 0 Å². The molecular weight excluding hydrogens is 358 g/mol. The highest BCUT2D eigenvalue weighted by atomic mass is 16.5. The predicted molar refractivity (Wildman–Crippen MR) is 118 cm³/mol. The minimum absolute atomic E-state index is 0.481. The zero-order valence-corrected chi connectivity index (χ0v) is 17.6. The summed E-state index contributed by atoms with van der Waals surface area (Å²) in [5.74, 6) is 2.81. The van der Waals surface area contributed by atoms with Gasteiger partial charge in [-0.25, -0.2) is 4.68 Å². The first-order chi connectivity index (χ1) is 14.1. The van der Waals surface area contributed by atoms with Gasteiger partial charge in [-0.05, 0) is 47.6 Å². The van der Waals surface area contributed by atoms with Crippen LogP contribution in [0.25, 0.3) is 11.1 Å². The molecule has 29 heavy (non-hydrogen) atoms. The molecule has 150 valence electrons. The topological polar surface area (TPSA) is 30.3 Å². The normalized spacial score (nSPS) is 15.4. The Morgan fingerprint density at radius 2 is 1.97 bits per heavy atom. The van der Waals surface area contributed by atoms with E-state index in [-0.39, 0.29) is 0 Å². The number of hydrogen-bond donors (Lipinski definition) is 0. The molecule has 0 atom stereocenters. The van der Waals surface area contributed by atoms with E-state index in [0.29, 0.717) is 5.92 Å². The summed E-state index contributed by atoms with van der Waals surface area (Å²) in [7, 11) is 0. The quantitative estimate of drug-likeness (QED) is 0.606. The third-order valence-corrected chi connectivity index (χ3v) is 6.18. The number of aromatic nitrogens is 2. The molecule has 0 amide bonds. The average molecular weight is 388 g/mol. The molecule has 0 saturated heterocycles. The second-order valence-corrected chi connectivity index (χ2v) is 8.56. The number of anilines is 1. The lowest BCUT2D eigenvalue weighted by atomic mass is 9.92. The second kappa shape index (κ2) is 7.25. The molecule has 3 aromatic rings. The maximum absolute atomic E-state index is 5.69. The summed E-state index contributed by atoms with van der Waals surface area (Å²) >= 11 is 0. The van der Waals surface area contributed by atoms with Crippen molar-refractivity contribution in [1.29, 1.82) is 0 Å². The van der Waals surface area contributed by atoms with Crippen LogP contribution in [-0.2, 0) is 19.5 Å². The minimum Gasteiger partial charge on any atom is -0.493 e. The Kier molecular flexibility index (Phi) is 4.57. The molecule has 3 heterocycles. The molecule has 0 saturated carbocycles. The van der Waals surface area contributed by atoms with Gasteiger partial charge in [-0.1, -0.05) is 50.2 Å². The SMILES string of the molecule is Cc1nn2c(c1-c1ccccc1C(C)C)N(Cc1ccc3c(c1)CCO3)CCC2. The Morgan fingerprint density at radius 1 is 1.10 bits per heavy atom. The first-order valence-electron chi connectivity index (χ1n) is 10.8. The van der Waals surface area contributed by atoms with Crippen molar-refractivity contribution in [2.75, 3.05) is 18.1 Å². The Balaban J connectivity index is 1.57. The standard InChI is InChI=1S/C25H29N3O/c1-17(2)21-7-4-5-8-22(21)24-18(3)26-28-13-6-12-27(25(24)28)16-19-9-10-23-20(15-19)11-14-29-23/h4-5,7-10,15,17H,6,11-14,16H2,1-3H3. The van der Waals surface area contributed by atoms with Crippen LogP contribution >= 0.6 is 0 Å². The first-order valence-corrected chi connectivity index (χ1v) is 10.8. The fraction of sp³-hybridized carbons (Fsp3) is 0.400. The fourth-order valence-corrected chi connectivity index (χ4v) is 4.82. The molecule has 0 aliphatic carbocycles. The molecule has 2 aliphatic heterocycles. The number of ether oxygens (including phenoxy) is 1. The second-order valence-electron chi connectivity index (χ2n) is 8.56. The van der Waals surface area contributed by atoms with E-state index in [4.69, 9.17) is 9.84 Å². The molecule has 0 radical (unpaired) electrons. The van der Waals surface area contributed by atoms with Crippen molar-refractivity contribution < 1.29 is 4.74 Å². The van der Waals surface area contributed by atoms with Crippen molar-refractivity contribution in [2.45, 2.75) is 52.6 Å². The van der Waals surface area contributed by atoms with Crippen LogP contribution in [0.4, 0.5) is 5.82 Å². The van der Waals surface area contributed by atoms with E-state index in [2.05, 4.69) is 72.8 Å². The Morgan fingerprint density at radius 3 is 2.83 bits per heavy atom. The van der Waals surface area contributed by atoms with Gasteiger partial charge < -0.3 is 9.64 Å². The summed E-state index contributed by atoms with van der Waals surface area (Å²) < 4.78 is 7.91. The van der Waals surface area contributed by atoms with Crippen molar-refractivity contribution in [3.8, 4) is 16.9 Å². The van der Waals surface area contributed by atoms with Gasteiger partial charge in [0.05, 0.1) is 12.3 Å². The number of aryl methyl sites for hydroxylation is 2. The fourth-order valence-electron chi connectivity index (χ4n) is 4.82. The van der Waals surface area contributed by atoms with Crippen LogP contribution in [0.1, 0.15) is 48.6 Å². The number of fused-ring (bicyclic) bond motifs is 2. The third kappa shape index (κ3) is 3.21. The van der Waals surface area contributed by atoms with Crippen LogP contribution in [0.2, 0.25) is 0 Å². The summed E-state index contributed by atoms with van der Waals surface area (Å²) in [6.07, 6.45) is 2.15. The number of hydrogen-bond acceptors (Lipinski definition) is 3. The van der Waals surface area contributed by atoms with Gasteiger partial charge in [0.15, 0.2) is 0 Å². The first kappa shape index (κ1) is 18.3. The van der Waals surface area contributed by atoms with Gasteiger partial charge in [0.1, 0.15) is 11.6 Å². The minimum atomic E-state index is 0.481. The zero-order valence-electron chi connectivity index (χ0n) is 17.6. The van der Waals surface area contributed by atoms with E-state index in [1.165, 1.54) is 33.6 Å². The predicted octanol–water partition coefficient (Wildman–Crippen LogP) is 5.33. The van der Waals surface area contributed by atoms with Gasteiger partial charge in [-0.2, -0.15) is 5.10 Å². The Bertz CT molecular complexity index is 1050. The van der Waals surface area contributed by atoms with E-state index < -0.39 is 0 Å². The monoisotopic (exact) mass is 387 g/mol. The van der Waals surface area contributed by atoms with E-state index in [1.807, 2.05) is 0 Å². The molecule has 1 aromatic heterocycles. The van der Waals surface area contributed by atoms with Crippen molar-refractivity contribution in [2.24, 2.45) is 0 Å². The largest absolute Gasteiger partial charge is 0.493 e. The van der Waals surface area contributed by atoms with Gasteiger partial charge in [0.25, 0.3) is 0 Å². The van der Waals surface area contributed by atoms with E-state index in [1.54, 1.807) is 0 Å². The van der Waals surface area contributed by atoms with Crippen LogP contribution in [0.5, 0.6) is 5.75 Å². The lowest BCUT2D eigenvalue weighted by molar-refractivity contribution is 0.357. The lowest BCUT2D eigenvalue weighted by Gasteiger charge is -2.31. The van der Waals surface area contributed by atoms with Crippen LogP contribution in [-0.4, -0.2) is 22.9 Å². The molecule has 0 bridgehead atoms.